The number of methoxy groups -OCH3 is 1. The molecule has 0 aromatic heterocycles. The molecule has 5 nitrogen and oxygen atoms in total. The third kappa shape index (κ3) is 3.29. The molecule has 4 rings (SSSR count). The van der Waals surface area contributed by atoms with Gasteiger partial charge < -0.3 is 10.1 Å². The summed E-state index contributed by atoms with van der Waals surface area (Å²) in [5, 5.41) is 3.19. The van der Waals surface area contributed by atoms with Crippen molar-refractivity contribution in [3.8, 4) is 5.75 Å². The zero-order chi connectivity index (χ0) is 18.8. The van der Waals surface area contributed by atoms with E-state index in [1.54, 1.807) is 18.1 Å². The molecular weight excluding hydrogens is 340 g/mol. The molecule has 1 aliphatic carbocycles. The molecule has 2 amide bonds. The first-order valence-electron chi connectivity index (χ1n) is 9.56. The van der Waals surface area contributed by atoms with Crippen molar-refractivity contribution in [3.05, 3.63) is 59.7 Å². The molecule has 0 bridgehead atoms. The fourth-order valence-electron chi connectivity index (χ4n) is 4.11. The van der Waals surface area contributed by atoms with Gasteiger partial charge in [0.15, 0.2) is 0 Å². The predicted molar refractivity (Wildman–Crippen MR) is 104 cm³/mol. The van der Waals surface area contributed by atoms with E-state index in [9.17, 15) is 9.59 Å². The number of carbonyl (C=O) groups excluding carboxylic acids is 2. The number of carbonyl (C=O) groups is 2. The van der Waals surface area contributed by atoms with E-state index in [2.05, 4.69) is 5.32 Å². The Morgan fingerprint density at radius 2 is 1.74 bits per heavy atom. The van der Waals surface area contributed by atoms with Crippen LogP contribution in [0, 0.1) is 0 Å². The summed E-state index contributed by atoms with van der Waals surface area (Å²) in [4.78, 5) is 27.9. The number of hydrogen-bond acceptors (Lipinski definition) is 3. The largest absolute Gasteiger partial charge is 0.497 e. The lowest BCUT2D eigenvalue weighted by Crippen LogP contribution is -2.44. The van der Waals surface area contributed by atoms with E-state index in [4.69, 9.17) is 4.74 Å². The van der Waals surface area contributed by atoms with Crippen LogP contribution in [-0.4, -0.2) is 25.0 Å². The van der Waals surface area contributed by atoms with E-state index in [1.165, 1.54) is 6.42 Å². The Balaban J connectivity index is 1.67. The number of nitrogens with one attached hydrogen (secondary N) is 1. The van der Waals surface area contributed by atoms with Gasteiger partial charge >= 0.3 is 0 Å². The van der Waals surface area contributed by atoms with Gasteiger partial charge in [-0.1, -0.05) is 37.5 Å². The molecule has 1 aliphatic heterocycles. The minimum Gasteiger partial charge on any atom is -0.497 e. The van der Waals surface area contributed by atoms with Crippen LogP contribution in [0.3, 0.4) is 0 Å². The van der Waals surface area contributed by atoms with E-state index < -0.39 is 6.04 Å². The lowest BCUT2D eigenvalue weighted by molar-refractivity contribution is -0.123. The lowest BCUT2D eigenvalue weighted by atomic mass is 9.95. The van der Waals surface area contributed by atoms with Crippen molar-refractivity contribution in [3.63, 3.8) is 0 Å². The third-order valence-electron chi connectivity index (χ3n) is 5.51. The van der Waals surface area contributed by atoms with Gasteiger partial charge in [0, 0.05) is 17.3 Å². The van der Waals surface area contributed by atoms with Crippen molar-refractivity contribution < 1.29 is 14.3 Å². The van der Waals surface area contributed by atoms with Crippen molar-refractivity contribution in [2.75, 3.05) is 12.0 Å². The first kappa shape index (κ1) is 17.6. The Kier molecular flexibility index (Phi) is 4.84. The summed E-state index contributed by atoms with van der Waals surface area (Å²) < 4.78 is 5.21. The Labute approximate surface area is 159 Å². The average molecular weight is 364 g/mol. The van der Waals surface area contributed by atoms with Crippen LogP contribution in [0.2, 0.25) is 0 Å². The van der Waals surface area contributed by atoms with Crippen LogP contribution in [-0.2, 0) is 4.79 Å². The van der Waals surface area contributed by atoms with Crippen molar-refractivity contribution in [2.45, 2.75) is 44.2 Å². The highest BCUT2D eigenvalue weighted by molar-refractivity contribution is 6.15. The molecule has 2 aromatic rings. The number of anilines is 1. The second kappa shape index (κ2) is 7.43. The average Bonchev–Trinajstić information content (AvgIpc) is 3.02. The molecule has 0 saturated heterocycles. The SMILES string of the molecule is COc1ccc(N2C(=O)c3ccccc3[C@H]2C(=O)NC2CCCCC2)cc1. The van der Waals surface area contributed by atoms with Gasteiger partial charge in [-0.3, -0.25) is 14.5 Å². The van der Waals surface area contributed by atoms with Crippen molar-refractivity contribution >= 4 is 17.5 Å². The Morgan fingerprint density at radius 3 is 2.44 bits per heavy atom. The van der Waals surface area contributed by atoms with Gasteiger partial charge in [0.2, 0.25) is 5.91 Å². The molecule has 27 heavy (non-hydrogen) atoms. The van der Waals surface area contributed by atoms with Crippen LogP contribution in [0.1, 0.15) is 54.1 Å². The van der Waals surface area contributed by atoms with Gasteiger partial charge in [-0.2, -0.15) is 0 Å². The van der Waals surface area contributed by atoms with E-state index in [0.717, 1.165) is 31.2 Å². The Morgan fingerprint density at radius 1 is 1.04 bits per heavy atom. The van der Waals surface area contributed by atoms with E-state index in [-0.39, 0.29) is 17.9 Å². The van der Waals surface area contributed by atoms with Crippen molar-refractivity contribution in [1.82, 2.24) is 5.32 Å². The minimum atomic E-state index is -0.635. The molecule has 1 N–H and O–H groups in total. The van der Waals surface area contributed by atoms with Gasteiger partial charge in [0.1, 0.15) is 11.8 Å². The van der Waals surface area contributed by atoms with Crippen molar-refractivity contribution in [2.24, 2.45) is 0 Å². The third-order valence-corrected chi connectivity index (χ3v) is 5.51. The summed E-state index contributed by atoms with van der Waals surface area (Å²) in [6.07, 6.45) is 5.54. The van der Waals surface area contributed by atoms with Gasteiger partial charge in [0.25, 0.3) is 5.91 Å². The van der Waals surface area contributed by atoms with Gasteiger partial charge in [0.05, 0.1) is 7.11 Å². The highest BCUT2D eigenvalue weighted by atomic mass is 16.5. The van der Waals surface area contributed by atoms with Crippen LogP contribution in [0.4, 0.5) is 5.69 Å². The molecule has 2 aliphatic rings. The van der Waals surface area contributed by atoms with Crippen LogP contribution in [0.5, 0.6) is 5.75 Å². The number of rotatable bonds is 4. The molecule has 1 fully saturated rings. The first-order chi connectivity index (χ1) is 13.2. The Bertz CT molecular complexity index is 841. The standard InChI is InChI=1S/C22H24N2O3/c1-27-17-13-11-16(12-14-17)24-20(18-9-5-6-10-19(18)22(24)26)21(25)23-15-7-3-2-4-8-15/h5-6,9-15,20H,2-4,7-8H2,1H3,(H,23,25)/t20-/m0/s1. The molecule has 1 saturated carbocycles. The fourth-order valence-corrected chi connectivity index (χ4v) is 4.11. The normalized spacial score (nSPS) is 19.7. The molecule has 0 unspecified atom stereocenters. The number of hydrogen-bond donors (Lipinski definition) is 1. The molecule has 2 aromatic carbocycles. The van der Waals surface area contributed by atoms with E-state index >= 15 is 0 Å². The van der Waals surface area contributed by atoms with E-state index in [1.807, 2.05) is 42.5 Å². The van der Waals surface area contributed by atoms with Crippen LogP contribution in [0.25, 0.3) is 0 Å². The summed E-state index contributed by atoms with van der Waals surface area (Å²) in [5.74, 6) is 0.474. The lowest BCUT2D eigenvalue weighted by Gasteiger charge is -2.28. The van der Waals surface area contributed by atoms with E-state index in [0.29, 0.717) is 17.0 Å². The second-order valence-corrected chi connectivity index (χ2v) is 7.21. The maximum atomic E-state index is 13.2. The number of nitrogens with zero attached hydrogens (tertiary/aromatic N) is 1. The molecule has 5 heteroatoms. The monoisotopic (exact) mass is 364 g/mol. The number of ether oxygens (including phenoxy) is 1. The summed E-state index contributed by atoms with van der Waals surface area (Å²) in [6, 6.07) is 14.2. The number of benzene rings is 2. The van der Waals surface area contributed by atoms with Crippen LogP contribution in [0.15, 0.2) is 48.5 Å². The molecule has 0 radical (unpaired) electrons. The highest BCUT2D eigenvalue weighted by Gasteiger charge is 2.42. The molecule has 0 spiro atoms. The number of fused-ring (bicyclic) bond motifs is 1. The maximum absolute atomic E-state index is 13.2. The second-order valence-electron chi connectivity index (χ2n) is 7.21. The maximum Gasteiger partial charge on any atom is 0.259 e. The molecule has 140 valence electrons. The van der Waals surface area contributed by atoms with Gasteiger partial charge in [-0.05, 0) is 48.7 Å². The molecule has 1 atom stereocenters. The first-order valence-corrected chi connectivity index (χ1v) is 9.56. The summed E-state index contributed by atoms with van der Waals surface area (Å²) in [6.45, 7) is 0. The molecule has 1 heterocycles. The zero-order valence-electron chi connectivity index (χ0n) is 15.5. The summed E-state index contributed by atoms with van der Waals surface area (Å²) in [5.41, 5.74) is 2.06. The minimum absolute atomic E-state index is 0.101. The molecular formula is C22H24N2O3. The van der Waals surface area contributed by atoms with Gasteiger partial charge in [-0.25, -0.2) is 0 Å². The topological polar surface area (TPSA) is 58.6 Å². The van der Waals surface area contributed by atoms with Crippen molar-refractivity contribution in [1.29, 1.82) is 0 Å². The van der Waals surface area contributed by atoms with Crippen LogP contribution < -0.4 is 15.0 Å². The fraction of sp³-hybridized carbons (Fsp3) is 0.364. The summed E-state index contributed by atoms with van der Waals surface area (Å²) >= 11 is 0. The Hall–Kier alpha value is -2.82. The smallest absolute Gasteiger partial charge is 0.259 e. The van der Waals surface area contributed by atoms with Crippen LogP contribution >= 0.6 is 0 Å². The van der Waals surface area contributed by atoms with Gasteiger partial charge in [-0.15, -0.1) is 0 Å². The summed E-state index contributed by atoms with van der Waals surface area (Å²) in [7, 11) is 1.60. The quantitative estimate of drug-likeness (QED) is 0.897. The number of amides is 2. The zero-order valence-corrected chi connectivity index (χ0v) is 15.5. The highest BCUT2D eigenvalue weighted by Crippen LogP contribution is 2.38. The predicted octanol–water partition coefficient (Wildman–Crippen LogP) is 3.85.